The number of esters is 1. The fourth-order valence-electron chi connectivity index (χ4n) is 2.25. The Morgan fingerprint density at radius 1 is 1.61 bits per heavy atom. The average molecular weight is 252 g/mol. The van der Waals surface area contributed by atoms with E-state index in [9.17, 15) is 4.79 Å². The second kappa shape index (κ2) is 5.97. The lowest BCUT2D eigenvalue weighted by Gasteiger charge is -2.30. The normalized spacial score (nSPS) is 17.2. The van der Waals surface area contributed by atoms with E-state index in [1.807, 2.05) is 19.3 Å². The van der Waals surface area contributed by atoms with Crippen molar-refractivity contribution in [2.24, 2.45) is 0 Å². The highest BCUT2D eigenvalue weighted by Gasteiger charge is 2.24. The van der Waals surface area contributed by atoms with E-state index >= 15 is 0 Å². The van der Waals surface area contributed by atoms with Crippen molar-refractivity contribution in [1.82, 2.24) is 19.8 Å². The van der Waals surface area contributed by atoms with E-state index < -0.39 is 0 Å². The Labute approximate surface area is 107 Å². The molecule has 1 unspecified atom stereocenters. The maximum atomic E-state index is 11.6. The van der Waals surface area contributed by atoms with Crippen molar-refractivity contribution in [3.8, 4) is 0 Å². The molecule has 0 aliphatic carbocycles. The van der Waals surface area contributed by atoms with Crippen LogP contribution in [0.4, 0.5) is 0 Å². The molecule has 0 saturated heterocycles. The zero-order valence-electron chi connectivity index (χ0n) is 10.9. The van der Waals surface area contributed by atoms with Crippen molar-refractivity contribution in [2.75, 3.05) is 26.7 Å². The zero-order chi connectivity index (χ0) is 13.0. The Morgan fingerprint density at radius 3 is 3.17 bits per heavy atom. The monoisotopic (exact) mass is 252 g/mol. The summed E-state index contributed by atoms with van der Waals surface area (Å²) >= 11 is 0. The lowest BCUT2D eigenvalue weighted by molar-refractivity contribution is -0.143. The molecule has 100 valence electrons. The van der Waals surface area contributed by atoms with Crippen LogP contribution in [0, 0.1) is 0 Å². The maximum Gasteiger partial charge on any atom is 0.324 e. The SMILES string of the molecule is CCNC(CN1CCn2ccnc2C1)C(=O)OC. The van der Waals surface area contributed by atoms with E-state index in [0.29, 0.717) is 6.54 Å². The number of methoxy groups -OCH3 is 1. The molecule has 0 fully saturated rings. The van der Waals surface area contributed by atoms with Crippen LogP contribution >= 0.6 is 0 Å². The first kappa shape index (κ1) is 13.0. The first-order valence-electron chi connectivity index (χ1n) is 6.28. The van der Waals surface area contributed by atoms with Crippen LogP contribution in [0.3, 0.4) is 0 Å². The van der Waals surface area contributed by atoms with Gasteiger partial charge in [0.2, 0.25) is 0 Å². The minimum atomic E-state index is -0.262. The van der Waals surface area contributed by atoms with E-state index in [4.69, 9.17) is 4.74 Å². The fourth-order valence-corrected chi connectivity index (χ4v) is 2.25. The van der Waals surface area contributed by atoms with Crippen molar-refractivity contribution in [3.63, 3.8) is 0 Å². The Morgan fingerprint density at radius 2 is 2.44 bits per heavy atom. The van der Waals surface area contributed by atoms with Crippen LogP contribution in [-0.4, -0.2) is 53.2 Å². The van der Waals surface area contributed by atoms with Gasteiger partial charge in [0.1, 0.15) is 11.9 Å². The van der Waals surface area contributed by atoms with Crippen LogP contribution in [0.15, 0.2) is 12.4 Å². The molecule has 1 aromatic heterocycles. The van der Waals surface area contributed by atoms with Crippen molar-refractivity contribution in [1.29, 1.82) is 0 Å². The van der Waals surface area contributed by atoms with Crippen LogP contribution in [0.25, 0.3) is 0 Å². The second-order valence-corrected chi connectivity index (χ2v) is 4.41. The number of aromatic nitrogens is 2. The van der Waals surface area contributed by atoms with Gasteiger partial charge in [0.25, 0.3) is 0 Å². The Kier molecular flexibility index (Phi) is 4.33. The molecule has 1 atom stereocenters. The number of carbonyl (C=O) groups excluding carboxylic acids is 1. The van der Waals surface area contributed by atoms with Crippen molar-refractivity contribution in [2.45, 2.75) is 26.1 Å². The second-order valence-electron chi connectivity index (χ2n) is 4.41. The van der Waals surface area contributed by atoms with Gasteiger partial charge in [0, 0.05) is 32.0 Å². The topological polar surface area (TPSA) is 59.4 Å². The van der Waals surface area contributed by atoms with Gasteiger partial charge in [0.05, 0.1) is 13.7 Å². The number of likely N-dealkylation sites (N-methyl/N-ethyl adjacent to an activating group) is 1. The molecule has 1 aromatic rings. The first-order chi connectivity index (χ1) is 8.74. The van der Waals surface area contributed by atoms with E-state index in [1.54, 1.807) is 0 Å². The predicted molar refractivity (Wildman–Crippen MR) is 67.0 cm³/mol. The molecule has 0 bridgehead atoms. The number of rotatable bonds is 5. The Bertz CT molecular complexity index is 405. The average Bonchev–Trinajstić information content (AvgIpc) is 2.84. The number of nitrogens with one attached hydrogen (secondary N) is 1. The molecule has 1 aliphatic rings. The fraction of sp³-hybridized carbons (Fsp3) is 0.667. The molecule has 1 aliphatic heterocycles. The molecule has 0 spiro atoms. The largest absolute Gasteiger partial charge is 0.468 e. The molecule has 0 amide bonds. The summed E-state index contributed by atoms with van der Waals surface area (Å²) in [6, 6.07) is -0.262. The highest BCUT2D eigenvalue weighted by molar-refractivity contribution is 5.75. The lowest BCUT2D eigenvalue weighted by Crippen LogP contribution is -2.48. The van der Waals surface area contributed by atoms with Gasteiger partial charge in [-0.15, -0.1) is 0 Å². The summed E-state index contributed by atoms with van der Waals surface area (Å²) in [5, 5.41) is 3.15. The molecule has 2 heterocycles. The summed E-state index contributed by atoms with van der Waals surface area (Å²) in [4.78, 5) is 18.2. The van der Waals surface area contributed by atoms with Gasteiger partial charge in [-0.2, -0.15) is 0 Å². The summed E-state index contributed by atoms with van der Waals surface area (Å²) in [6.45, 7) is 6.04. The van der Waals surface area contributed by atoms with Gasteiger partial charge in [-0.25, -0.2) is 4.98 Å². The van der Waals surface area contributed by atoms with Crippen molar-refractivity contribution < 1.29 is 9.53 Å². The van der Waals surface area contributed by atoms with Crippen molar-refractivity contribution >= 4 is 5.97 Å². The summed E-state index contributed by atoms with van der Waals surface area (Å²) in [5.74, 6) is 0.854. The van der Waals surface area contributed by atoms with Gasteiger partial charge in [0.15, 0.2) is 0 Å². The standard InChI is InChI=1S/C12H20N4O2/c1-3-13-10(12(17)18-2)8-15-6-7-16-5-4-14-11(16)9-15/h4-5,10,13H,3,6-9H2,1-2H3. The molecule has 0 saturated carbocycles. The number of ether oxygens (including phenoxy) is 1. The highest BCUT2D eigenvalue weighted by atomic mass is 16.5. The van der Waals surface area contributed by atoms with Crippen LogP contribution in [0.5, 0.6) is 0 Å². The number of imidazole rings is 1. The summed E-state index contributed by atoms with van der Waals surface area (Å²) in [6.07, 6.45) is 3.82. The third-order valence-electron chi connectivity index (χ3n) is 3.20. The molecule has 6 nitrogen and oxygen atoms in total. The number of carbonyl (C=O) groups is 1. The summed E-state index contributed by atoms with van der Waals surface area (Å²) in [5.41, 5.74) is 0. The molecular formula is C12H20N4O2. The molecule has 18 heavy (non-hydrogen) atoms. The number of hydrogen-bond acceptors (Lipinski definition) is 5. The van der Waals surface area contributed by atoms with Gasteiger partial charge in [-0.05, 0) is 6.54 Å². The van der Waals surface area contributed by atoms with Crippen LogP contribution < -0.4 is 5.32 Å². The van der Waals surface area contributed by atoms with Crippen LogP contribution in [-0.2, 0) is 22.6 Å². The quantitative estimate of drug-likeness (QED) is 0.739. The third kappa shape index (κ3) is 2.88. The first-order valence-corrected chi connectivity index (χ1v) is 6.28. The zero-order valence-corrected chi connectivity index (χ0v) is 10.9. The lowest BCUT2D eigenvalue weighted by atomic mass is 10.2. The van der Waals surface area contributed by atoms with E-state index in [-0.39, 0.29) is 12.0 Å². The highest BCUT2D eigenvalue weighted by Crippen LogP contribution is 2.10. The van der Waals surface area contributed by atoms with Crippen LogP contribution in [0.1, 0.15) is 12.7 Å². The van der Waals surface area contributed by atoms with Crippen LogP contribution in [0.2, 0.25) is 0 Å². The number of nitrogens with zero attached hydrogens (tertiary/aromatic N) is 3. The number of fused-ring (bicyclic) bond motifs is 1. The minimum Gasteiger partial charge on any atom is -0.468 e. The Hall–Kier alpha value is -1.40. The molecule has 0 radical (unpaired) electrons. The van der Waals surface area contributed by atoms with Gasteiger partial charge in [-0.1, -0.05) is 6.92 Å². The number of hydrogen-bond donors (Lipinski definition) is 1. The van der Waals surface area contributed by atoms with E-state index in [0.717, 1.165) is 32.0 Å². The maximum absolute atomic E-state index is 11.6. The van der Waals surface area contributed by atoms with E-state index in [2.05, 4.69) is 19.8 Å². The van der Waals surface area contributed by atoms with Gasteiger partial charge in [-0.3, -0.25) is 9.69 Å². The van der Waals surface area contributed by atoms with E-state index in [1.165, 1.54) is 7.11 Å². The predicted octanol–water partition coefficient (Wildman–Crippen LogP) is -0.150. The summed E-state index contributed by atoms with van der Waals surface area (Å²) in [7, 11) is 1.43. The molecule has 6 heteroatoms. The molecule has 2 rings (SSSR count). The molecule has 0 aromatic carbocycles. The Balaban J connectivity index is 1.94. The molecule has 1 N–H and O–H groups in total. The minimum absolute atomic E-state index is 0.203. The summed E-state index contributed by atoms with van der Waals surface area (Å²) < 4.78 is 6.96. The van der Waals surface area contributed by atoms with Gasteiger partial charge < -0.3 is 14.6 Å². The third-order valence-corrected chi connectivity index (χ3v) is 3.20. The van der Waals surface area contributed by atoms with Crippen molar-refractivity contribution in [3.05, 3.63) is 18.2 Å². The van der Waals surface area contributed by atoms with Gasteiger partial charge >= 0.3 is 5.97 Å². The molecular weight excluding hydrogens is 232 g/mol. The smallest absolute Gasteiger partial charge is 0.324 e.